The van der Waals surface area contributed by atoms with Gasteiger partial charge in [0, 0.05) is 36.5 Å². The summed E-state index contributed by atoms with van der Waals surface area (Å²) in [6, 6.07) is 3.73. The minimum atomic E-state index is -0.652. The summed E-state index contributed by atoms with van der Waals surface area (Å²) < 4.78 is 10.2. The highest BCUT2D eigenvalue weighted by molar-refractivity contribution is 5.78. The number of methoxy groups -OCH3 is 2. The maximum absolute atomic E-state index is 12.2. The van der Waals surface area contributed by atoms with E-state index < -0.39 is 5.41 Å². The molecule has 1 saturated carbocycles. The number of carbonyl (C=O) groups excluding carboxylic acids is 1. The molecule has 20 heavy (non-hydrogen) atoms. The number of carbonyl (C=O) groups is 1. The molecule has 0 aromatic carbocycles. The SMILES string of the molecule is COC(=O)C(CN)(Cc1cc(OC)cc(C)n1)C1CC1. The normalized spacial score (nSPS) is 17.4. The maximum atomic E-state index is 12.2. The van der Waals surface area contributed by atoms with Crippen molar-refractivity contribution in [1.29, 1.82) is 0 Å². The van der Waals surface area contributed by atoms with Gasteiger partial charge in [0.05, 0.1) is 19.6 Å². The number of hydrogen-bond donors (Lipinski definition) is 1. The average Bonchev–Trinajstić information content (AvgIpc) is 3.28. The molecule has 0 amide bonds. The smallest absolute Gasteiger partial charge is 0.313 e. The second-order valence-corrected chi connectivity index (χ2v) is 5.44. The minimum absolute atomic E-state index is 0.232. The van der Waals surface area contributed by atoms with Crippen LogP contribution < -0.4 is 10.5 Å². The summed E-state index contributed by atoms with van der Waals surface area (Å²) in [6.07, 6.45) is 2.55. The Morgan fingerprint density at radius 3 is 2.65 bits per heavy atom. The van der Waals surface area contributed by atoms with Crippen LogP contribution in [0.3, 0.4) is 0 Å². The van der Waals surface area contributed by atoms with Gasteiger partial charge >= 0.3 is 5.97 Å². The van der Waals surface area contributed by atoms with Gasteiger partial charge in [0.15, 0.2) is 0 Å². The monoisotopic (exact) mass is 278 g/mol. The van der Waals surface area contributed by atoms with Crippen LogP contribution in [-0.2, 0) is 16.0 Å². The van der Waals surface area contributed by atoms with Crippen molar-refractivity contribution in [2.45, 2.75) is 26.2 Å². The first-order valence-electron chi connectivity index (χ1n) is 6.85. The van der Waals surface area contributed by atoms with Crippen molar-refractivity contribution in [3.63, 3.8) is 0 Å². The molecule has 0 saturated heterocycles. The molecule has 1 atom stereocenters. The molecule has 0 aliphatic heterocycles. The van der Waals surface area contributed by atoms with Crippen LogP contribution >= 0.6 is 0 Å². The van der Waals surface area contributed by atoms with Gasteiger partial charge in [-0.1, -0.05) is 0 Å². The molecule has 1 heterocycles. The van der Waals surface area contributed by atoms with E-state index in [1.54, 1.807) is 7.11 Å². The fraction of sp³-hybridized carbons (Fsp3) is 0.600. The lowest BCUT2D eigenvalue weighted by molar-refractivity contribution is -0.153. The molecule has 0 spiro atoms. The van der Waals surface area contributed by atoms with Crippen molar-refractivity contribution in [1.82, 2.24) is 4.98 Å². The van der Waals surface area contributed by atoms with Crippen molar-refractivity contribution < 1.29 is 14.3 Å². The number of nitrogens with two attached hydrogens (primary N) is 1. The Labute approximate surface area is 119 Å². The van der Waals surface area contributed by atoms with Gasteiger partial charge in [-0.25, -0.2) is 0 Å². The molecule has 5 heteroatoms. The van der Waals surface area contributed by atoms with Crippen LogP contribution in [0.5, 0.6) is 5.75 Å². The highest BCUT2D eigenvalue weighted by Crippen LogP contribution is 2.47. The third-order valence-corrected chi connectivity index (χ3v) is 4.03. The van der Waals surface area contributed by atoms with Crippen LogP contribution in [0.1, 0.15) is 24.2 Å². The zero-order valence-corrected chi connectivity index (χ0v) is 12.3. The van der Waals surface area contributed by atoms with Crippen LogP contribution in [0.15, 0.2) is 12.1 Å². The zero-order valence-electron chi connectivity index (χ0n) is 12.3. The maximum Gasteiger partial charge on any atom is 0.313 e. The Balaban J connectivity index is 2.32. The first kappa shape index (κ1) is 14.8. The largest absolute Gasteiger partial charge is 0.497 e. The number of pyridine rings is 1. The van der Waals surface area contributed by atoms with Crippen molar-refractivity contribution >= 4 is 5.97 Å². The first-order valence-corrected chi connectivity index (χ1v) is 6.85. The van der Waals surface area contributed by atoms with Crippen molar-refractivity contribution in [2.24, 2.45) is 17.1 Å². The summed E-state index contributed by atoms with van der Waals surface area (Å²) in [7, 11) is 3.04. The Bertz CT molecular complexity index is 500. The fourth-order valence-corrected chi connectivity index (χ4v) is 2.78. The molecule has 5 nitrogen and oxygen atoms in total. The third-order valence-electron chi connectivity index (χ3n) is 4.03. The number of aryl methyl sites for hydroxylation is 1. The molecule has 1 unspecified atom stereocenters. The Kier molecular flexibility index (Phi) is 4.28. The van der Waals surface area contributed by atoms with E-state index in [4.69, 9.17) is 15.2 Å². The zero-order chi connectivity index (χ0) is 14.8. The number of esters is 1. The molecule has 2 rings (SSSR count). The Morgan fingerprint density at radius 2 is 2.15 bits per heavy atom. The van der Waals surface area contributed by atoms with E-state index in [0.717, 1.165) is 30.0 Å². The van der Waals surface area contributed by atoms with Gasteiger partial charge in [-0.2, -0.15) is 0 Å². The van der Waals surface area contributed by atoms with Gasteiger partial charge in [0.25, 0.3) is 0 Å². The summed E-state index contributed by atoms with van der Waals surface area (Å²) in [5.41, 5.74) is 6.96. The number of nitrogens with zero attached hydrogens (tertiary/aromatic N) is 1. The van der Waals surface area contributed by atoms with Crippen LogP contribution in [0, 0.1) is 18.3 Å². The average molecular weight is 278 g/mol. The summed E-state index contributed by atoms with van der Waals surface area (Å²) in [6.45, 7) is 2.19. The Morgan fingerprint density at radius 1 is 1.45 bits per heavy atom. The molecular weight excluding hydrogens is 256 g/mol. The molecule has 110 valence electrons. The standard InChI is InChI=1S/C15H22N2O3/c1-10-6-13(19-2)7-12(17-10)8-15(9-16,11-4-5-11)14(18)20-3/h6-7,11H,4-5,8-9,16H2,1-3H3. The van der Waals surface area contributed by atoms with Crippen LogP contribution in [0.2, 0.25) is 0 Å². The van der Waals surface area contributed by atoms with Crippen molar-refractivity contribution in [2.75, 3.05) is 20.8 Å². The lowest BCUT2D eigenvalue weighted by Gasteiger charge is -2.29. The Hall–Kier alpha value is -1.62. The number of aromatic nitrogens is 1. The van der Waals surface area contributed by atoms with Crippen molar-refractivity contribution in [3.8, 4) is 5.75 Å². The predicted octanol–water partition coefficient (Wildman–Crippen LogP) is 1.47. The lowest BCUT2D eigenvalue weighted by Crippen LogP contribution is -2.43. The van der Waals surface area contributed by atoms with Gasteiger partial charge < -0.3 is 15.2 Å². The van der Waals surface area contributed by atoms with Crippen LogP contribution in [0.4, 0.5) is 0 Å². The minimum Gasteiger partial charge on any atom is -0.497 e. The van der Waals surface area contributed by atoms with Crippen LogP contribution in [-0.4, -0.2) is 31.7 Å². The molecule has 1 aromatic heterocycles. The summed E-state index contributed by atoms with van der Waals surface area (Å²) in [4.78, 5) is 16.7. The van der Waals surface area contributed by atoms with E-state index in [-0.39, 0.29) is 12.5 Å². The van der Waals surface area contributed by atoms with Gasteiger partial charge in [-0.05, 0) is 25.7 Å². The first-order chi connectivity index (χ1) is 9.55. The molecule has 0 radical (unpaired) electrons. The lowest BCUT2D eigenvalue weighted by atomic mass is 9.78. The topological polar surface area (TPSA) is 74.4 Å². The number of rotatable bonds is 6. The molecule has 2 N–H and O–H groups in total. The highest BCUT2D eigenvalue weighted by Gasteiger charge is 2.51. The van der Waals surface area contributed by atoms with E-state index in [2.05, 4.69) is 4.98 Å². The number of ether oxygens (including phenoxy) is 2. The third kappa shape index (κ3) is 2.77. The van der Waals surface area contributed by atoms with Gasteiger partial charge in [-0.3, -0.25) is 9.78 Å². The van der Waals surface area contributed by atoms with Crippen molar-refractivity contribution in [3.05, 3.63) is 23.5 Å². The van der Waals surface area contributed by atoms with E-state index in [0.29, 0.717) is 12.3 Å². The molecular formula is C15H22N2O3. The summed E-state index contributed by atoms with van der Waals surface area (Å²) in [5.74, 6) is 0.817. The second-order valence-electron chi connectivity index (χ2n) is 5.44. The van der Waals surface area contributed by atoms with E-state index in [1.807, 2.05) is 19.1 Å². The molecule has 1 aliphatic carbocycles. The van der Waals surface area contributed by atoms with Crippen LogP contribution in [0.25, 0.3) is 0 Å². The van der Waals surface area contributed by atoms with E-state index in [1.165, 1.54) is 7.11 Å². The van der Waals surface area contributed by atoms with Gasteiger partial charge in [0.1, 0.15) is 5.75 Å². The second kappa shape index (κ2) is 5.79. The van der Waals surface area contributed by atoms with Gasteiger partial charge in [-0.15, -0.1) is 0 Å². The summed E-state index contributed by atoms with van der Waals surface area (Å²) in [5, 5.41) is 0. The highest BCUT2D eigenvalue weighted by atomic mass is 16.5. The molecule has 1 fully saturated rings. The molecule has 1 aliphatic rings. The van der Waals surface area contributed by atoms with E-state index >= 15 is 0 Å². The quantitative estimate of drug-likeness (QED) is 0.798. The molecule has 0 bridgehead atoms. The molecule has 1 aromatic rings. The summed E-state index contributed by atoms with van der Waals surface area (Å²) >= 11 is 0. The fourth-order valence-electron chi connectivity index (χ4n) is 2.78. The van der Waals surface area contributed by atoms with Gasteiger partial charge in [0.2, 0.25) is 0 Å². The van der Waals surface area contributed by atoms with E-state index in [9.17, 15) is 4.79 Å². The predicted molar refractivity (Wildman–Crippen MR) is 75.5 cm³/mol. The number of hydrogen-bond acceptors (Lipinski definition) is 5.